The third kappa shape index (κ3) is 4.28. The van der Waals surface area contributed by atoms with Gasteiger partial charge in [-0.25, -0.2) is 9.78 Å². The maximum atomic E-state index is 10.9. The van der Waals surface area contributed by atoms with Gasteiger partial charge in [-0.15, -0.1) is 0 Å². The summed E-state index contributed by atoms with van der Waals surface area (Å²) in [5.74, 6) is 0.772. The van der Waals surface area contributed by atoms with Gasteiger partial charge >= 0.3 is 5.97 Å². The first kappa shape index (κ1) is 17.7. The molecule has 2 aromatic carbocycles. The van der Waals surface area contributed by atoms with Gasteiger partial charge in [0.15, 0.2) is 0 Å². The molecule has 3 rings (SSSR count). The largest absolute Gasteiger partial charge is 0.497 e. The van der Waals surface area contributed by atoms with Gasteiger partial charge in [0.2, 0.25) is 5.95 Å². The van der Waals surface area contributed by atoms with E-state index in [1.165, 1.54) is 12.1 Å². The van der Waals surface area contributed by atoms with Gasteiger partial charge in [0.05, 0.1) is 17.1 Å². The number of carboxylic acids is 1. The van der Waals surface area contributed by atoms with Crippen LogP contribution in [0, 0.1) is 0 Å². The number of hydrogen-bond acceptors (Lipinski definition) is 6. The van der Waals surface area contributed by atoms with Crippen molar-refractivity contribution >= 4 is 45.0 Å². The van der Waals surface area contributed by atoms with E-state index in [4.69, 9.17) is 9.84 Å². The average Bonchev–Trinajstić information content (AvgIpc) is 2.65. The molecule has 0 saturated carbocycles. The molecule has 0 aliphatic rings. The van der Waals surface area contributed by atoms with Crippen LogP contribution in [0.1, 0.15) is 10.4 Å². The summed E-state index contributed by atoms with van der Waals surface area (Å²) >= 11 is 3.42. The molecule has 7 nitrogen and oxygen atoms in total. The summed E-state index contributed by atoms with van der Waals surface area (Å²) in [6, 6.07) is 13.8. The van der Waals surface area contributed by atoms with Gasteiger partial charge in [-0.1, -0.05) is 0 Å². The second kappa shape index (κ2) is 7.83. The second-order valence-electron chi connectivity index (χ2n) is 5.25. The van der Waals surface area contributed by atoms with Gasteiger partial charge in [-0.3, -0.25) is 0 Å². The van der Waals surface area contributed by atoms with Crippen molar-refractivity contribution in [3.63, 3.8) is 0 Å². The Morgan fingerprint density at radius 3 is 2.27 bits per heavy atom. The van der Waals surface area contributed by atoms with Crippen molar-refractivity contribution < 1.29 is 14.6 Å². The number of rotatable bonds is 6. The molecule has 132 valence electrons. The van der Waals surface area contributed by atoms with Gasteiger partial charge < -0.3 is 20.5 Å². The number of anilines is 4. The minimum Gasteiger partial charge on any atom is -0.497 e. The molecule has 0 aliphatic carbocycles. The van der Waals surface area contributed by atoms with Crippen molar-refractivity contribution in [3.05, 3.63) is 64.8 Å². The fourth-order valence-corrected chi connectivity index (χ4v) is 2.44. The van der Waals surface area contributed by atoms with E-state index in [-0.39, 0.29) is 5.56 Å². The minimum absolute atomic E-state index is 0.217. The predicted octanol–water partition coefficient (Wildman–Crippen LogP) is 4.43. The highest BCUT2D eigenvalue weighted by atomic mass is 79.9. The number of nitrogens with zero attached hydrogens (tertiary/aromatic N) is 2. The van der Waals surface area contributed by atoms with Crippen molar-refractivity contribution in [2.75, 3.05) is 17.7 Å². The molecule has 0 saturated heterocycles. The smallest absolute Gasteiger partial charge is 0.335 e. The number of carbonyl (C=O) groups is 1. The van der Waals surface area contributed by atoms with Crippen molar-refractivity contribution in [2.24, 2.45) is 0 Å². The summed E-state index contributed by atoms with van der Waals surface area (Å²) in [5.41, 5.74) is 1.75. The van der Waals surface area contributed by atoms with Gasteiger partial charge in [-0.05, 0) is 64.5 Å². The summed E-state index contributed by atoms with van der Waals surface area (Å²) in [5, 5.41) is 15.2. The van der Waals surface area contributed by atoms with E-state index in [0.717, 1.165) is 11.4 Å². The van der Waals surface area contributed by atoms with Crippen LogP contribution in [0.25, 0.3) is 0 Å². The number of aromatic carboxylic acids is 1. The molecule has 0 unspecified atom stereocenters. The Balaban J connectivity index is 1.77. The standard InChI is InChI=1S/C18H15BrN4O3/c1-26-14-8-6-12(7-9-14)21-16-15(19)10-20-18(23-16)22-13-4-2-11(3-5-13)17(24)25/h2-10H,1H3,(H,24,25)(H2,20,21,22,23). The van der Waals surface area contributed by atoms with Crippen LogP contribution in [-0.4, -0.2) is 28.2 Å². The number of aromatic nitrogens is 2. The molecule has 1 heterocycles. The van der Waals surface area contributed by atoms with E-state index in [1.54, 1.807) is 25.4 Å². The molecule has 0 atom stereocenters. The Labute approximate surface area is 158 Å². The first-order chi connectivity index (χ1) is 12.5. The zero-order chi connectivity index (χ0) is 18.5. The van der Waals surface area contributed by atoms with Gasteiger partial charge in [0.1, 0.15) is 11.6 Å². The van der Waals surface area contributed by atoms with E-state index in [2.05, 4.69) is 36.5 Å². The number of nitrogens with one attached hydrogen (secondary N) is 2. The zero-order valence-electron chi connectivity index (χ0n) is 13.7. The Morgan fingerprint density at radius 2 is 1.65 bits per heavy atom. The first-order valence-corrected chi connectivity index (χ1v) is 8.38. The molecule has 3 N–H and O–H groups in total. The lowest BCUT2D eigenvalue weighted by Crippen LogP contribution is -2.02. The number of halogens is 1. The topological polar surface area (TPSA) is 96.4 Å². The fraction of sp³-hybridized carbons (Fsp3) is 0.0556. The van der Waals surface area contributed by atoms with E-state index < -0.39 is 5.97 Å². The van der Waals surface area contributed by atoms with Crippen molar-refractivity contribution in [2.45, 2.75) is 0 Å². The van der Waals surface area contributed by atoms with Crippen LogP contribution < -0.4 is 15.4 Å². The van der Waals surface area contributed by atoms with Crippen LogP contribution in [0.4, 0.5) is 23.1 Å². The number of hydrogen-bond donors (Lipinski definition) is 3. The summed E-state index contributed by atoms with van der Waals surface area (Å²) in [6.07, 6.45) is 1.63. The van der Waals surface area contributed by atoms with Crippen LogP contribution in [-0.2, 0) is 0 Å². The maximum absolute atomic E-state index is 10.9. The predicted molar refractivity (Wildman–Crippen MR) is 103 cm³/mol. The Bertz CT molecular complexity index is 915. The van der Waals surface area contributed by atoms with E-state index in [1.807, 2.05) is 24.3 Å². The fourth-order valence-electron chi connectivity index (χ4n) is 2.15. The molecule has 0 spiro atoms. The molecule has 0 radical (unpaired) electrons. The lowest BCUT2D eigenvalue weighted by molar-refractivity contribution is 0.0697. The quantitative estimate of drug-likeness (QED) is 0.548. The van der Waals surface area contributed by atoms with Crippen LogP contribution in [0.3, 0.4) is 0 Å². The summed E-state index contributed by atoms with van der Waals surface area (Å²) < 4.78 is 5.85. The van der Waals surface area contributed by atoms with Crippen LogP contribution >= 0.6 is 15.9 Å². The molecule has 1 aromatic heterocycles. The van der Waals surface area contributed by atoms with Gasteiger partial charge in [-0.2, -0.15) is 4.98 Å². The lowest BCUT2D eigenvalue weighted by atomic mass is 10.2. The highest BCUT2D eigenvalue weighted by molar-refractivity contribution is 9.10. The Morgan fingerprint density at radius 1 is 1.04 bits per heavy atom. The van der Waals surface area contributed by atoms with Crippen molar-refractivity contribution in [3.8, 4) is 5.75 Å². The number of methoxy groups -OCH3 is 1. The lowest BCUT2D eigenvalue weighted by Gasteiger charge is -2.11. The van der Waals surface area contributed by atoms with Crippen molar-refractivity contribution in [1.82, 2.24) is 9.97 Å². The van der Waals surface area contributed by atoms with Crippen LogP contribution in [0.2, 0.25) is 0 Å². The highest BCUT2D eigenvalue weighted by Crippen LogP contribution is 2.26. The van der Waals surface area contributed by atoms with Gasteiger partial charge in [0.25, 0.3) is 0 Å². The monoisotopic (exact) mass is 414 g/mol. The normalized spacial score (nSPS) is 10.2. The number of benzene rings is 2. The minimum atomic E-state index is -0.970. The summed E-state index contributed by atoms with van der Waals surface area (Å²) in [4.78, 5) is 19.6. The first-order valence-electron chi connectivity index (χ1n) is 7.59. The molecule has 3 aromatic rings. The SMILES string of the molecule is COc1ccc(Nc2nc(Nc3ccc(C(=O)O)cc3)ncc2Br)cc1. The molecule has 0 aliphatic heterocycles. The van der Waals surface area contributed by atoms with E-state index >= 15 is 0 Å². The maximum Gasteiger partial charge on any atom is 0.335 e. The number of carboxylic acid groups (broad SMARTS) is 1. The molecule has 26 heavy (non-hydrogen) atoms. The highest BCUT2D eigenvalue weighted by Gasteiger charge is 2.07. The zero-order valence-corrected chi connectivity index (χ0v) is 15.3. The summed E-state index contributed by atoms with van der Waals surface area (Å²) in [7, 11) is 1.62. The third-order valence-corrected chi connectivity index (χ3v) is 4.07. The molecule has 0 amide bonds. The second-order valence-corrected chi connectivity index (χ2v) is 6.11. The molecule has 8 heteroatoms. The van der Waals surface area contributed by atoms with Crippen molar-refractivity contribution in [1.29, 1.82) is 0 Å². The van der Waals surface area contributed by atoms with E-state index in [0.29, 0.717) is 21.9 Å². The van der Waals surface area contributed by atoms with E-state index in [9.17, 15) is 4.79 Å². The van der Waals surface area contributed by atoms with Crippen LogP contribution in [0.5, 0.6) is 5.75 Å². The average molecular weight is 415 g/mol. The Hall–Kier alpha value is -3.13. The van der Waals surface area contributed by atoms with Crippen LogP contribution in [0.15, 0.2) is 59.2 Å². The third-order valence-electron chi connectivity index (χ3n) is 3.48. The Kier molecular flexibility index (Phi) is 5.33. The molecule has 0 bridgehead atoms. The molecule has 0 fully saturated rings. The molecular weight excluding hydrogens is 400 g/mol. The molecular formula is C18H15BrN4O3. The number of ether oxygens (including phenoxy) is 1. The van der Waals surface area contributed by atoms with Gasteiger partial charge in [0, 0.05) is 17.6 Å². The summed E-state index contributed by atoms with van der Waals surface area (Å²) in [6.45, 7) is 0.